The van der Waals surface area contributed by atoms with Crippen LogP contribution in [0.1, 0.15) is 31.9 Å². The molecule has 0 amide bonds. The van der Waals surface area contributed by atoms with Gasteiger partial charge in [0.1, 0.15) is 0 Å². The Labute approximate surface area is 192 Å². The predicted octanol–water partition coefficient (Wildman–Crippen LogP) is 1.88. The second kappa shape index (κ2) is 10.9. The summed E-state index contributed by atoms with van der Waals surface area (Å²) in [5, 5.41) is 21.2. The van der Waals surface area contributed by atoms with E-state index in [2.05, 4.69) is 32.5 Å². The van der Waals surface area contributed by atoms with Crippen LogP contribution in [0, 0.1) is 0 Å². The summed E-state index contributed by atoms with van der Waals surface area (Å²) in [6.07, 6.45) is 0.743. The fourth-order valence-electron chi connectivity index (χ4n) is 2.81. The summed E-state index contributed by atoms with van der Waals surface area (Å²) in [5.41, 5.74) is 2.70. The SMILES string of the molecule is CC(C)(C)NS(=O)(=O)c1ccc(Cc2ccc(NC3=NCCN3)cc2)cc1.O=C(O)C(=O)O. The molecule has 2 aromatic carbocycles. The normalized spacial score (nSPS) is 13.2. The van der Waals surface area contributed by atoms with Crippen LogP contribution in [-0.4, -0.2) is 55.2 Å². The Hall–Kier alpha value is -3.44. The van der Waals surface area contributed by atoms with Crippen LogP contribution in [0.15, 0.2) is 58.4 Å². The first-order valence-electron chi connectivity index (χ1n) is 10.1. The highest BCUT2D eigenvalue weighted by Crippen LogP contribution is 2.17. The Balaban J connectivity index is 0.000000569. The van der Waals surface area contributed by atoms with Crippen LogP contribution < -0.4 is 15.4 Å². The molecule has 5 N–H and O–H groups in total. The lowest BCUT2D eigenvalue weighted by molar-refractivity contribution is -0.159. The third-order valence-electron chi connectivity index (χ3n) is 4.16. The van der Waals surface area contributed by atoms with Gasteiger partial charge in [0.2, 0.25) is 10.0 Å². The molecule has 0 atom stereocenters. The number of sulfonamides is 1. The third-order valence-corrected chi connectivity index (χ3v) is 5.93. The highest BCUT2D eigenvalue weighted by molar-refractivity contribution is 7.89. The molecule has 0 unspecified atom stereocenters. The molecular formula is C22H28N4O6S. The van der Waals surface area contributed by atoms with E-state index in [1.165, 1.54) is 0 Å². The van der Waals surface area contributed by atoms with Crippen LogP contribution in [0.2, 0.25) is 0 Å². The molecule has 33 heavy (non-hydrogen) atoms. The van der Waals surface area contributed by atoms with Crippen LogP contribution in [-0.2, 0) is 26.0 Å². The van der Waals surface area contributed by atoms with Gasteiger partial charge in [0.15, 0.2) is 5.96 Å². The maximum absolute atomic E-state index is 12.4. The Morgan fingerprint density at radius 3 is 1.91 bits per heavy atom. The summed E-state index contributed by atoms with van der Waals surface area (Å²) in [5.74, 6) is -2.84. The van der Waals surface area contributed by atoms with Crippen molar-refractivity contribution >= 4 is 33.6 Å². The van der Waals surface area contributed by atoms with E-state index in [0.29, 0.717) is 0 Å². The average molecular weight is 477 g/mol. The first-order chi connectivity index (χ1) is 15.4. The molecule has 2 aromatic rings. The summed E-state index contributed by atoms with van der Waals surface area (Å²) in [7, 11) is -3.50. The topological polar surface area (TPSA) is 157 Å². The highest BCUT2D eigenvalue weighted by Gasteiger charge is 2.21. The molecule has 0 saturated heterocycles. The minimum atomic E-state index is -3.50. The number of anilines is 1. The monoisotopic (exact) mass is 476 g/mol. The van der Waals surface area contributed by atoms with Gasteiger partial charge in [-0.05, 0) is 62.6 Å². The van der Waals surface area contributed by atoms with Gasteiger partial charge in [-0.3, -0.25) is 4.99 Å². The van der Waals surface area contributed by atoms with Gasteiger partial charge in [-0.2, -0.15) is 0 Å². The van der Waals surface area contributed by atoms with Crippen LogP contribution >= 0.6 is 0 Å². The summed E-state index contributed by atoms with van der Waals surface area (Å²) in [6, 6.07) is 15.2. The molecule has 0 aliphatic carbocycles. The number of carboxylic acid groups (broad SMARTS) is 2. The zero-order valence-corrected chi connectivity index (χ0v) is 19.4. The molecule has 178 valence electrons. The number of aliphatic carboxylic acids is 2. The van der Waals surface area contributed by atoms with Gasteiger partial charge in [0.25, 0.3) is 0 Å². The number of carbonyl (C=O) groups is 2. The first kappa shape index (κ1) is 25.8. The Morgan fingerprint density at radius 2 is 1.48 bits per heavy atom. The Bertz CT molecular complexity index is 1090. The number of nitrogens with zero attached hydrogens (tertiary/aromatic N) is 1. The molecule has 11 heteroatoms. The fourth-order valence-corrected chi connectivity index (χ4v) is 4.23. The molecule has 1 aliphatic heterocycles. The minimum absolute atomic E-state index is 0.283. The van der Waals surface area contributed by atoms with Crippen molar-refractivity contribution in [2.24, 2.45) is 4.99 Å². The van der Waals surface area contributed by atoms with Gasteiger partial charge in [-0.15, -0.1) is 0 Å². The standard InChI is InChI=1S/C20H26N4O2S.C2H2O4/c1-20(2,3)24-27(25,26)18-10-6-16(7-11-18)14-15-4-8-17(9-5-15)23-19-21-12-13-22-19;3-1(4)2(5)6/h4-11,24H,12-14H2,1-3H3,(H2,21,22,23);(H,3,4)(H,5,6). The number of nitrogens with one attached hydrogen (secondary N) is 3. The molecule has 0 fully saturated rings. The summed E-state index contributed by atoms with van der Waals surface area (Å²) in [4.78, 5) is 22.8. The Morgan fingerprint density at radius 1 is 0.970 bits per heavy atom. The molecular weight excluding hydrogens is 448 g/mol. The zero-order valence-electron chi connectivity index (χ0n) is 18.6. The molecule has 0 aromatic heterocycles. The molecule has 10 nitrogen and oxygen atoms in total. The van der Waals surface area contributed by atoms with Gasteiger partial charge in [-0.25, -0.2) is 22.7 Å². The van der Waals surface area contributed by atoms with Crippen molar-refractivity contribution < 1.29 is 28.2 Å². The van der Waals surface area contributed by atoms with Gasteiger partial charge in [-0.1, -0.05) is 24.3 Å². The zero-order chi connectivity index (χ0) is 24.6. The Kier molecular flexibility index (Phi) is 8.55. The van der Waals surface area contributed by atoms with Crippen molar-refractivity contribution in [3.63, 3.8) is 0 Å². The van der Waals surface area contributed by atoms with E-state index in [4.69, 9.17) is 19.8 Å². The van der Waals surface area contributed by atoms with Crippen molar-refractivity contribution in [3.05, 3.63) is 59.7 Å². The second-order valence-corrected chi connectivity index (χ2v) is 9.95. The van der Waals surface area contributed by atoms with Gasteiger partial charge < -0.3 is 20.8 Å². The highest BCUT2D eigenvalue weighted by atomic mass is 32.2. The molecule has 3 rings (SSSR count). The smallest absolute Gasteiger partial charge is 0.414 e. The van der Waals surface area contributed by atoms with E-state index in [0.717, 1.165) is 42.3 Å². The minimum Gasteiger partial charge on any atom is -0.473 e. The number of aliphatic imine (C=N–C) groups is 1. The molecule has 0 spiro atoms. The molecule has 0 saturated carbocycles. The first-order valence-corrected chi connectivity index (χ1v) is 11.6. The van der Waals surface area contributed by atoms with E-state index >= 15 is 0 Å². The summed E-state index contributed by atoms with van der Waals surface area (Å²) >= 11 is 0. The van der Waals surface area contributed by atoms with E-state index in [1.54, 1.807) is 12.1 Å². The van der Waals surface area contributed by atoms with E-state index < -0.39 is 27.5 Å². The lowest BCUT2D eigenvalue weighted by Crippen LogP contribution is -2.40. The lowest BCUT2D eigenvalue weighted by Gasteiger charge is -2.20. The van der Waals surface area contributed by atoms with Gasteiger partial charge in [0.05, 0.1) is 11.4 Å². The fraction of sp³-hybridized carbons (Fsp3) is 0.318. The summed E-state index contributed by atoms with van der Waals surface area (Å²) < 4.78 is 27.4. The number of benzene rings is 2. The van der Waals surface area contributed by atoms with Gasteiger partial charge >= 0.3 is 11.9 Å². The maximum atomic E-state index is 12.4. The molecule has 0 radical (unpaired) electrons. The van der Waals surface area contributed by atoms with Crippen LogP contribution in [0.3, 0.4) is 0 Å². The third kappa shape index (κ3) is 8.91. The van der Waals surface area contributed by atoms with Crippen LogP contribution in [0.5, 0.6) is 0 Å². The van der Waals surface area contributed by atoms with E-state index in [9.17, 15) is 8.42 Å². The van der Waals surface area contributed by atoms with Crippen molar-refractivity contribution in [3.8, 4) is 0 Å². The number of hydrogen-bond donors (Lipinski definition) is 5. The van der Waals surface area contributed by atoms with Gasteiger partial charge in [0, 0.05) is 17.8 Å². The predicted molar refractivity (Wildman–Crippen MR) is 125 cm³/mol. The van der Waals surface area contributed by atoms with E-state index in [1.807, 2.05) is 45.0 Å². The lowest BCUT2D eigenvalue weighted by atomic mass is 10.0. The van der Waals surface area contributed by atoms with Crippen molar-refractivity contribution in [1.82, 2.24) is 10.0 Å². The van der Waals surface area contributed by atoms with Crippen LogP contribution in [0.4, 0.5) is 5.69 Å². The molecule has 1 heterocycles. The quantitative estimate of drug-likeness (QED) is 0.409. The van der Waals surface area contributed by atoms with Crippen LogP contribution in [0.25, 0.3) is 0 Å². The van der Waals surface area contributed by atoms with Crippen molar-refractivity contribution in [1.29, 1.82) is 0 Å². The number of hydrogen-bond acceptors (Lipinski definition) is 7. The second-order valence-electron chi connectivity index (χ2n) is 8.27. The number of carboxylic acids is 2. The van der Waals surface area contributed by atoms with Crippen molar-refractivity contribution in [2.45, 2.75) is 37.6 Å². The number of guanidine groups is 1. The molecule has 0 bridgehead atoms. The largest absolute Gasteiger partial charge is 0.473 e. The van der Waals surface area contributed by atoms with E-state index in [-0.39, 0.29) is 4.90 Å². The maximum Gasteiger partial charge on any atom is 0.414 e. The number of rotatable bonds is 5. The average Bonchev–Trinajstić information content (AvgIpc) is 3.21. The van der Waals surface area contributed by atoms with Crippen molar-refractivity contribution in [2.75, 3.05) is 18.4 Å². The summed E-state index contributed by atoms with van der Waals surface area (Å²) in [6.45, 7) is 7.15. The molecule has 1 aliphatic rings.